The van der Waals surface area contributed by atoms with Crippen molar-refractivity contribution in [1.82, 2.24) is 19.9 Å². The van der Waals surface area contributed by atoms with Gasteiger partial charge in [0.15, 0.2) is 0 Å². The Hall–Kier alpha value is -3.85. The fraction of sp³-hybridized carbons (Fsp3) is 0.174. The molecule has 0 unspecified atom stereocenters. The van der Waals surface area contributed by atoms with E-state index in [0.29, 0.717) is 33.9 Å². The largest absolute Gasteiger partial charge is 0.444 e. The lowest BCUT2D eigenvalue weighted by Gasteiger charge is -2.09. The smallest absolute Gasteiger partial charge is 0.248 e. The number of amides is 1. The standard InChI is InChI=1S/C23H20N6O2S/c1-13-3-2-4-17(27-13)20-23(32-22(29-20)14-5-6-14)31-16-8-10-26-19(12-16)28-18-11-15(21(24)30)7-9-25-18/h2-4,7-12,14H,5-6H2,1H3,(H2,24,30)(H,25,26,28). The normalized spacial score (nSPS) is 13.0. The highest BCUT2D eigenvalue weighted by molar-refractivity contribution is 7.14. The van der Waals surface area contributed by atoms with Gasteiger partial charge in [0.25, 0.3) is 0 Å². The predicted molar refractivity (Wildman–Crippen MR) is 122 cm³/mol. The fourth-order valence-electron chi connectivity index (χ4n) is 3.17. The van der Waals surface area contributed by atoms with Gasteiger partial charge < -0.3 is 15.8 Å². The minimum absolute atomic E-state index is 0.363. The summed E-state index contributed by atoms with van der Waals surface area (Å²) in [6.45, 7) is 1.96. The summed E-state index contributed by atoms with van der Waals surface area (Å²) in [6, 6.07) is 12.6. The van der Waals surface area contributed by atoms with Crippen LogP contribution in [0.5, 0.6) is 10.8 Å². The van der Waals surface area contributed by atoms with E-state index in [0.717, 1.165) is 34.9 Å². The number of anilines is 2. The molecule has 4 aromatic heterocycles. The lowest BCUT2D eigenvalue weighted by molar-refractivity contribution is 0.1000. The Bertz CT molecular complexity index is 1300. The molecule has 32 heavy (non-hydrogen) atoms. The summed E-state index contributed by atoms with van der Waals surface area (Å²) in [4.78, 5) is 29.4. The minimum atomic E-state index is -0.519. The van der Waals surface area contributed by atoms with Crippen molar-refractivity contribution in [2.24, 2.45) is 5.73 Å². The number of nitrogens with zero attached hydrogens (tertiary/aromatic N) is 4. The van der Waals surface area contributed by atoms with E-state index in [9.17, 15) is 4.79 Å². The zero-order chi connectivity index (χ0) is 22.1. The van der Waals surface area contributed by atoms with Crippen LogP contribution in [0.2, 0.25) is 0 Å². The zero-order valence-corrected chi connectivity index (χ0v) is 18.1. The first kappa shape index (κ1) is 20.1. The van der Waals surface area contributed by atoms with Crippen LogP contribution in [0.3, 0.4) is 0 Å². The number of hydrogen-bond donors (Lipinski definition) is 2. The third kappa shape index (κ3) is 4.42. The van der Waals surface area contributed by atoms with Crippen LogP contribution < -0.4 is 15.8 Å². The van der Waals surface area contributed by atoms with Crippen molar-refractivity contribution in [2.45, 2.75) is 25.7 Å². The molecule has 9 heteroatoms. The van der Waals surface area contributed by atoms with Crippen molar-refractivity contribution in [3.63, 3.8) is 0 Å². The van der Waals surface area contributed by atoms with Gasteiger partial charge in [-0.05, 0) is 50.1 Å². The Morgan fingerprint density at radius 2 is 1.88 bits per heavy atom. The number of nitrogens with two attached hydrogens (primary N) is 1. The number of primary amides is 1. The van der Waals surface area contributed by atoms with Gasteiger partial charge in [0.1, 0.15) is 28.1 Å². The summed E-state index contributed by atoms with van der Waals surface area (Å²) in [5.41, 5.74) is 8.18. The average molecular weight is 445 g/mol. The third-order valence-electron chi connectivity index (χ3n) is 4.91. The molecule has 0 aromatic carbocycles. The summed E-state index contributed by atoms with van der Waals surface area (Å²) in [7, 11) is 0. The van der Waals surface area contributed by atoms with Gasteiger partial charge in [0, 0.05) is 35.6 Å². The van der Waals surface area contributed by atoms with Crippen LogP contribution in [-0.4, -0.2) is 25.8 Å². The van der Waals surface area contributed by atoms with E-state index in [2.05, 4.69) is 20.3 Å². The van der Waals surface area contributed by atoms with Gasteiger partial charge in [-0.2, -0.15) is 0 Å². The molecule has 1 amide bonds. The van der Waals surface area contributed by atoms with Gasteiger partial charge in [-0.15, -0.1) is 0 Å². The van der Waals surface area contributed by atoms with Crippen molar-refractivity contribution in [3.05, 3.63) is 71.1 Å². The number of hydrogen-bond acceptors (Lipinski definition) is 8. The number of carbonyl (C=O) groups is 1. The molecule has 0 spiro atoms. The van der Waals surface area contributed by atoms with E-state index in [4.69, 9.17) is 15.5 Å². The number of ether oxygens (including phenoxy) is 1. The van der Waals surface area contributed by atoms with Crippen molar-refractivity contribution in [3.8, 4) is 22.2 Å². The van der Waals surface area contributed by atoms with E-state index < -0.39 is 5.91 Å². The van der Waals surface area contributed by atoms with Crippen molar-refractivity contribution >= 4 is 28.9 Å². The molecule has 1 saturated carbocycles. The van der Waals surface area contributed by atoms with Gasteiger partial charge in [-0.25, -0.2) is 15.0 Å². The maximum Gasteiger partial charge on any atom is 0.248 e. The quantitative estimate of drug-likeness (QED) is 0.420. The first-order valence-corrected chi connectivity index (χ1v) is 11.0. The number of thiazole rings is 1. The predicted octanol–water partition coefficient (Wildman–Crippen LogP) is 4.82. The number of rotatable bonds is 7. The molecular weight excluding hydrogens is 424 g/mol. The van der Waals surface area contributed by atoms with Crippen LogP contribution >= 0.6 is 11.3 Å². The lowest BCUT2D eigenvalue weighted by Crippen LogP contribution is -2.11. The molecule has 1 fully saturated rings. The SMILES string of the molecule is Cc1cccc(-c2nc(C3CC3)sc2Oc2ccnc(Nc3cc(C(N)=O)ccn3)c2)n1. The molecule has 1 aliphatic rings. The molecule has 4 heterocycles. The first-order chi connectivity index (χ1) is 15.5. The Morgan fingerprint density at radius 1 is 1.09 bits per heavy atom. The topological polar surface area (TPSA) is 116 Å². The van der Waals surface area contributed by atoms with Gasteiger partial charge in [-0.1, -0.05) is 17.4 Å². The van der Waals surface area contributed by atoms with Crippen LogP contribution in [0.15, 0.2) is 54.9 Å². The van der Waals surface area contributed by atoms with Gasteiger partial charge >= 0.3 is 0 Å². The van der Waals surface area contributed by atoms with E-state index in [-0.39, 0.29) is 0 Å². The molecule has 3 N–H and O–H groups in total. The van der Waals surface area contributed by atoms with Crippen molar-refractivity contribution < 1.29 is 9.53 Å². The molecule has 0 radical (unpaired) electrons. The number of aryl methyl sites for hydroxylation is 1. The number of pyridine rings is 3. The molecule has 0 saturated heterocycles. The van der Waals surface area contributed by atoms with E-state index >= 15 is 0 Å². The van der Waals surface area contributed by atoms with Crippen LogP contribution in [0, 0.1) is 6.92 Å². The maximum atomic E-state index is 11.4. The van der Waals surface area contributed by atoms with Gasteiger partial charge in [0.2, 0.25) is 11.0 Å². The lowest BCUT2D eigenvalue weighted by atomic mass is 10.2. The molecule has 5 rings (SSSR count). The van der Waals surface area contributed by atoms with Crippen LogP contribution in [0.1, 0.15) is 39.8 Å². The van der Waals surface area contributed by atoms with E-state index in [1.807, 2.05) is 25.1 Å². The highest BCUT2D eigenvalue weighted by atomic mass is 32.1. The average Bonchev–Trinajstić information content (AvgIpc) is 3.55. The van der Waals surface area contributed by atoms with Crippen LogP contribution in [-0.2, 0) is 0 Å². The van der Waals surface area contributed by atoms with Crippen LogP contribution in [0.25, 0.3) is 11.4 Å². The van der Waals surface area contributed by atoms with E-state index in [1.165, 1.54) is 6.20 Å². The summed E-state index contributed by atoms with van der Waals surface area (Å²) >= 11 is 1.56. The molecule has 4 aromatic rings. The molecule has 1 aliphatic carbocycles. The second-order valence-electron chi connectivity index (χ2n) is 7.52. The molecule has 0 bridgehead atoms. The molecule has 0 atom stereocenters. The van der Waals surface area contributed by atoms with Gasteiger partial charge in [-0.3, -0.25) is 9.78 Å². The monoisotopic (exact) mass is 444 g/mol. The number of carbonyl (C=O) groups excluding carboxylic acids is 1. The Morgan fingerprint density at radius 3 is 2.62 bits per heavy atom. The van der Waals surface area contributed by atoms with Crippen molar-refractivity contribution in [1.29, 1.82) is 0 Å². The summed E-state index contributed by atoms with van der Waals surface area (Å²) in [5, 5.41) is 4.86. The summed E-state index contributed by atoms with van der Waals surface area (Å²) in [6.07, 6.45) is 5.48. The Labute approximate surface area is 188 Å². The maximum absolute atomic E-state index is 11.4. The van der Waals surface area contributed by atoms with Crippen LogP contribution in [0.4, 0.5) is 11.6 Å². The number of nitrogens with one attached hydrogen (secondary N) is 1. The number of aromatic nitrogens is 4. The minimum Gasteiger partial charge on any atom is -0.444 e. The summed E-state index contributed by atoms with van der Waals surface area (Å²) < 4.78 is 6.24. The van der Waals surface area contributed by atoms with E-state index in [1.54, 1.807) is 41.8 Å². The highest BCUT2D eigenvalue weighted by Crippen LogP contribution is 2.47. The molecule has 0 aliphatic heterocycles. The van der Waals surface area contributed by atoms with Gasteiger partial charge in [0.05, 0.1) is 5.69 Å². The zero-order valence-electron chi connectivity index (χ0n) is 17.3. The Balaban J connectivity index is 1.42. The Kier molecular flexibility index (Phi) is 5.24. The second-order valence-corrected chi connectivity index (χ2v) is 8.52. The highest BCUT2D eigenvalue weighted by Gasteiger charge is 2.29. The molecular formula is C23H20N6O2S. The molecule has 8 nitrogen and oxygen atoms in total. The molecule has 160 valence electrons. The summed E-state index contributed by atoms with van der Waals surface area (Å²) in [5.74, 6) is 1.59. The fourth-order valence-corrected chi connectivity index (χ4v) is 4.28. The first-order valence-electron chi connectivity index (χ1n) is 10.2. The second kappa shape index (κ2) is 8.35. The van der Waals surface area contributed by atoms with Crippen molar-refractivity contribution in [2.75, 3.05) is 5.32 Å². The third-order valence-corrected chi connectivity index (χ3v) is 6.01.